The molecular weight excluding hydrogens is 471 g/mol. The Morgan fingerprint density at radius 2 is 1.74 bits per heavy atom. The summed E-state index contributed by atoms with van der Waals surface area (Å²) >= 11 is 5.86. The molecule has 0 aliphatic carbocycles. The highest BCUT2D eigenvalue weighted by Gasteiger charge is 2.46. The van der Waals surface area contributed by atoms with Crippen molar-refractivity contribution in [3.63, 3.8) is 0 Å². The number of hydrogen-bond donors (Lipinski definition) is 1. The SMILES string of the molecule is COc1cc(F)c([C@@H]2CN(c3nc(C)ccc3F)C(=O)[C@H]2NC(=O)c2ccc(Cl)cc2)c(F)c1. The molecule has 0 saturated carbocycles. The highest BCUT2D eigenvalue weighted by Crippen LogP contribution is 2.36. The molecule has 6 nitrogen and oxygen atoms in total. The molecule has 1 fully saturated rings. The summed E-state index contributed by atoms with van der Waals surface area (Å²) in [5, 5.41) is 2.95. The van der Waals surface area contributed by atoms with Gasteiger partial charge >= 0.3 is 0 Å². The van der Waals surface area contributed by atoms with Crippen molar-refractivity contribution in [3.05, 3.63) is 87.8 Å². The molecule has 2 aromatic carbocycles. The summed E-state index contributed by atoms with van der Waals surface area (Å²) in [5.41, 5.74) is 0.201. The molecule has 0 spiro atoms. The average Bonchev–Trinajstić information content (AvgIpc) is 3.10. The van der Waals surface area contributed by atoms with E-state index >= 15 is 0 Å². The lowest BCUT2D eigenvalue weighted by Crippen LogP contribution is -2.44. The standard InChI is InChI=1S/C24H19ClF3N3O3/c1-12-3-8-17(26)22(29-12)31-11-16(20-18(27)9-15(34-2)10-19(20)28)21(24(31)33)30-23(32)13-4-6-14(25)7-5-13/h3-10,16,21H,11H2,1-2H3,(H,30,32)/t16-,21-/m0/s1. The van der Waals surface area contributed by atoms with Crippen LogP contribution in [0.25, 0.3) is 0 Å². The summed E-state index contributed by atoms with van der Waals surface area (Å²) in [6.07, 6.45) is 0. The van der Waals surface area contributed by atoms with E-state index in [0.717, 1.165) is 23.1 Å². The molecule has 2 amide bonds. The average molecular weight is 490 g/mol. The van der Waals surface area contributed by atoms with E-state index in [9.17, 15) is 22.8 Å². The van der Waals surface area contributed by atoms with Crippen LogP contribution in [0.4, 0.5) is 19.0 Å². The van der Waals surface area contributed by atoms with Crippen LogP contribution in [0.2, 0.25) is 5.02 Å². The first-order valence-electron chi connectivity index (χ1n) is 10.2. The lowest BCUT2D eigenvalue weighted by molar-refractivity contribution is -0.118. The monoisotopic (exact) mass is 489 g/mol. The van der Waals surface area contributed by atoms with E-state index in [1.165, 1.54) is 37.4 Å². The topological polar surface area (TPSA) is 71.5 Å². The maximum Gasteiger partial charge on any atom is 0.251 e. The maximum atomic E-state index is 15.0. The van der Waals surface area contributed by atoms with Crippen molar-refractivity contribution >= 4 is 29.2 Å². The Balaban J connectivity index is 1.76. The number of methoxy groups -OCH3 is 1. The Bertz CT molecular complexity index is 1250. The minimum atomic E-state index is -1.39. The molecule has 1 aromatic heterocycles. The number of hydrogen-bond acceptors (Lipinski definition) is 4. The highest BCUT2D eigenvalue weighted by atomic mass is 35.5. The third-order valence-electron chi connectivity index (χ3n) is 5.59. The van der Waals surface area contributed by atoms with Gasteiger partial charge in [0.1, 0.15) is 23.4 Å². The van der Waals surface area contributed by atoms with Crippen molar-refractivity contribution in [2.75, 3.05) is 18.6 Å². The van der Waals surface area contributed by atoms with Crippen LogP contribution in [0.5, 0.6) is 5.75 Å². The quantitative estimate of drug-likeness (QED) is 0.577. The number of nitrogens with one attached hydrogen (secondary N) is 1. The van der Waals surface area contributed by atoms with Gasteiger partial charge in [0, 0.05) is 46.4 Å². The second kappa shape index (κ2) is 9.34. The molecule has 1 aliphatic heterocycles. The molecule has 176 valence electrons. The molecule has 0 radical (unpaired) electrons. The normalized spacial score (nSPS) is 17.7. The molecule has 10 heteroatoms. The molecule has 1 aliphatic rings. The van der Waals surface area contributed by atoms with Crippen molar-refractivity contribution < 1.29 is 27.5 Å². The number of pyridine rings is 1. The number of benzene rings is 2. The summed E-state index contributed by atoms with van der Waals surface area (Å²) < 4.78 is 49.4. The zero-order valence-electron chi connectivity index (χ0n) is 18.1. The van der Waals surface area contributed by atoms with Crippen molar-refractivity contribution in [2.24, 2.45) is 0 Å². The second-order valence-electron chi connectivity index (χ2n) is 7.78. The summed E-state index contributed by atoms with van der Waals surface area (Å²) in [5.74, 6) is -5.61. The van der Waals surface area contributed by atoms with E-state index in [0.29, 0.717) is 10.7 Å². The fourth-order valence-electron chi connectivity index (χ4n) is 3.92. The summed E-state index contributed by atoms with van der Waals surface area (Å²) in [7, 11) is 1.26. The Kier molecular flexibility index (Phi) is 6.47. The molecule has 2 heterocycles. The predicted octanol–water partition coefficient (Wildman–Crippen LogP) is 4.40. The zero-order chi connectivity index (χ0) is 24.6. The van der Waals surface area contributed by atoms with E-state index in [-0.39, 0.29) is 23.7 Å². The van der Waals surface area contributed by atoms with Gasteiger partial charge in [0.15, 0.2) is 11.6 Å². The van der Waals surface area contributed by atoms with E-state index in [2.05, 4.69) is 10.3 Å². The number of amides is 2. The van der Waals surface area contributed by atoms with E-state index < -0.39 is 46.8 Å². The summed E-state index contributed by atoms with van der Waals surface area (Å²) in [6, 6.07) is 9.03. The van der Waals surface area contributed by atoms with Crippen molar-refractivity contribution in [1.29, 1.82) is 0 Å². The van der Waals surface area contributed by atoms with Crippen LogP contribution < -0.4 is 15.0 Å². The number of carbonyl (C=O) groups is 2. The number of anilines is 1. The van der Waals surface area contributed by atoms with Crippen LogP contribution in [0, 0.1) is 24.4 Å². The Morgan fingerprint density at radius 3 is 2.35 bits per heavy atom. The molecule has 0 unspecified atom stereocenters. The first kappa shape index (κ1) is 23.6. The van der Waals surface area contributed by atoms with E-state index in [1.54, 1.807) is 6.92 Å². The molecular formula is C24H19ClF3N3O3. The van der Waals surface area contributed by atoms with Crippen LogP contribution in [0.1, 0.15) is 27.5 Å². The minimum absolute atomic E-state index is 0.0481. The van der Waals surface area contributed by atoms with Gasteiger partial charge in [0.25, 0.3) is 11.8 Å². The number of ether oxygens (including phenoxy) is 1. The molecule has 0 bridgehead atoms. The zero-order valence-corrected chi connectivity index (χ0v) is 18.9. The van der Waals surface area contributed by atoms with Gasteiger partial charge < -0.3 is 10.1 Å². The van der Waals surface area contributed by atoms with Gasteiger partial charge in [-0.1, -0.05) is 11.6 Å². The molecule has 4 rings (SSSR count). The lowest BCUT2D eigenvalue weighted by atomic mass is 9.92. The van der Waals surface area contributed by atoms with Crippen LogP contribution >= 0.6 is 11.6 Å². The van der Waals surface area contributed by atoms with Crippen LogP contribution in [-0.2, 0) is 4.79 Å². The first-order chi connectivity index (χ1) is 16.2. The third kappa shape index (κ3) is 4.43. The molecule has 1 N–H and O–H groups in total. The smallest absolute Gasteiger partial charge is 0.251 e. The first-order valence-corrected chi connectivity index (χ1v) is 10.6. The Labute approximate surface area is 198 Å². The van der Waals surface area contributed by atoms with Gasteiger partial charge in [0.2, 0.25) is 0 Å². The number of carbonyl (C=O) groups excluding carboxylic acids is 2. The lowest BCUT2D eigenvalue weighted by Gasteiger charge is -2.20. The van der Waals surface area contributed by atoms with Crippen LogP contribution in [0.15, 0.2) is 48.5 Å². The predicted molar refractivity (Wildman–Crippen MR) is 120 cm³/mol. The van der Waals surface area contributed by atoms with Crippen molar-refractivity contribution in [3.8, 4) is 5.75 Å². The minimum Gasteiger partial charge on any atom is -0.497 e. The number of rotatable bonds is 5. The molecule has 1 saturated heterocycles. The fraction of sp³-hybridized carbons (Fsp3) is 0.208. The van der Waals surface area contributed by atoms with E-state index in [1.807, 2.05) is 0 Å². The summed E-state index contributed by atoms with van der Waals surface area (Å²) in [6.45, 7) is 1.31. The van der Waals surface area contributed by atoms with Gasteiger partial charge in [-0.25, -0.2) is 18.2 Å². The number of aromatic nitrogens is 1. The highest BCUT2D eigenvalue weighted by molar-refractivity contribution is 6.30. The Hall–Kier alpha value is -3.59. The van der Waals surface area contributed by atoms with Crippen LogP contribution in [-0.4, -0.2) is 36.5 Å². The maximum absolute atomic E-state index is 15.0. The number of halogens is 4. The summed E-state index contributed by atoms with van der Waals surface area (Å²) in [4.78, 5) is 31.3. The third-order valence-corrected chi connectivity index (χ3v) is 5.84. The van der Waals surface area contributed by atoms with Gasteiger partial charge in [-0.15, -0.1) is 0 Å². The van der Waals surface area contributed by atoms with Gasteiger partial charge in [-0.05, 0) is 43.3 Å². The van der Waals surface area contributed by atoms with Gasteiger partial charge in [-0.3, -0.25) is 14.5 Å². The molecule has 3 aromatic rings. The van der Waals surface area contributed by atoms with Crippen molar-refractivity contribution in [1.82, 2.24) is 10.3 Å². The largest absolute Gasteiger partial charge is 0.497 e. The second-order valence-corrected chi connectivity index (χ2v) is 8.21. The molecule has 2 atom stereocenters. The van der Waals surface area contributed by atoms with Crippen molar-refractivity contribution in [2.45, 2.75) is 18.9 Å². The van der Waals surface area contributed by atoms with Crippen LogP contribution in [0.3, 0.4) is 0 Å². The number of aryl methyl sites for hydroxylation is 1. The number of nitrogens with zero attached hydrogens (tertiary/aromatic N) is 2. The van der Waals surface area contributed by atoms with E-state index in [4.69, 9.17) is 16.3 Å². The van der Waals surface area contributed by atoms with Gasteiger partial charge in [0.05, 0.1) is 7.11 Å². The van der Waals surface area contributed by atoms with Gasteiger partial charge in [-0.2, -0.15) is 0 Å². The molecule has 34 heavy (non-hydrogen) atoms. The Morgan fingerprint density at radius 1 is 1.09 bits per heavy atom. The fourth-order valence-corrected chi connectivity index (χ4v) is 4.04.